The van der Waals surface area contributed by atoms with Gasteiger partial charge in [-0.15, -0.1) is 11.3 Å². The molecule has 3 aromatic rings. The van der Waals surface area contributed by atoms with Crippen molar-refractivity contribution in [3.8, 4) is 5.75 Å². The molecule has 4 nitrogen and oxygen atoms in total. The number of rotatable bonds is 5. The molecule has 0 radical (unpaired) electrons. The van der Waals surface area contributed by atoms with Crippen LogP contribution in [0.25, 0.3) is 10.2 Å². The van der Waals surface area contributed by atoms with E-state index in [1.165, 1.54) is 0 Å². The molecule has 0 unspecified atom stereocenters. The number of aryl methyl sites for hydroxylation is 3. The second kappa shape index (κ2) is 6.54. The quantitative estimate of drug-likeness (QED) is 0.668. The van der Waals surface area contributed by atoms with Crippen LogP contribution < -0.4 is 10.3 Å². The largest absolute Gasteiger partial charge is 0.494 e. The molecule has 0 fully saturated rings. The molecule has 120 valence electrons. The third kappa shape index (κ3) is 3.15. The maximum atomic E-state index is 12.7. The van der Waals surface area contributed by atoms with Gasteiger partial charge in [0.25, 0.3) is 5.56 Å². The topological polar surface area (TPSA) is 44.1 Å². The van der Waals surface area contributed by atoms with Crippen LogP contribution in [0.3, 0.4) is 0 Å². The monoisotopic (exact) mass is 328 g/mol. The van der Waals surface area contributed by atoms with Crippen LogP contribution in [-0.2, 0) is 6.54 Å². The summed E-state index contributed by atoms with van der Waals surface area (Å²) < 4.78 is 7.45. The van der Waals surface area contributed by atoms with Crippen LogP contribution in [0.15, 0.2) is 35.1 Å². The molecule has 0 aliphatic heterocycles. The molecule has 5 heteroatoms. The van der Waals surface area contributed by atoms with Crippen molar-refractivity contribution in [3.63, 3.8) is 0 Å². The van der Waals surface area contributed by atoms with E-state index in [-0.39, 0.29) is 5.56 Å². The van der Waals surface area contributed by atoms with Gasteiger partial charge in [0.2, 0.25) is 0 Å². The Kier molecular flexibility index (Phi) is 4.48. The first kappa shape index (κ1) is 15.7. The Labute approximate surface area is 139 Å². The zero-order valence-electron chi connectivity index (χ0n) is 13.6. The highest BCUT2D eigenvalue weighted by Crippen LogP contribution is 2.26. The average molecular weight is 328 g/mol. The number of benzene rings is 1. The molecular weight excluding hydrogens is 308 g/mol. The Morgan fingerprint density at radius 1 is 1.17 bits per heavy atom. The van der Waals surface area contributed by atoms with Crippen molar-refractivity contribution in [1.82, 2.24) is 9.55 Å². The molecule has 0 spiro atoms. The fourth-order valence-corrected chi connectivity index (χ4v) is 3.69. The summed E-state index contributed by atoms with van der Waals surface area (Å²) in [5.74, 6) is 1.62. The Balaban J connectivity index is 1.75. The van der Waals surface area contributed by atoms with Gasteiger partial charge in [0, 0.05) is 11.4 Å². The van der Waals surface area contributed by atoms with Crippen LogP contribution in [0, 0.1) is 20.8 Å². The van der Waals surface area contributed by atoms with E-state index in [1.807, 2.05) is 51.1 Å². The highest BCUT2D eigenvalue weighted by molar-refractivity contribution is 7.18. The number of aromatic nitrogens is 2. The normalized spacial score (nSPS) is 11.1. The molecular formula is C18H20N2O2S. The van der Waals surface area contributed by atoms with Gasteiger partial charge in [-0.05, 0) is 44.9 Å². The summed E-state index contributed by atoms with van der Waals surface area (Å²) in [5.41, 5.74) is 1.12. The summed E-state index contributed by atoms with van der Waals surface area (Å²) in [6.07, 6.45) is 0.769. The summed E-state index contributed by atoms with van der Waals surface area (Å²) in [6, 6.07) is 9.72. The third-order valence-corrected chi connectivity index (χ3v) is 5.12. The average Bonchev–Trinajstić information content (AvgIpc) is 2.82. The van der Waals surface area contributed by atoms with E-state index >= 15 is 0 Å². The zero-order chi connectivity index (χ0) is 16.4. The predicted molar refractivity (Wildman–Crippen MR) is 94.6 cm³/mol. The summed E-state index contributed by atoms with van der Waals surface area (Å²) in [4.78, 5) is 19.3. The van der Waals surface area contributed by atoms with Gasteiger partial charge in [0.1, 0.15) is 16.4 Å². The van der Waals surface area contributed by atoms with E-state index in [4.69, 9.17) is 4.74 Å². The molecule has 1 aromatic carbocycles. The first-order valence-electron chi connectivity index (χ1n) is 7.73. The van der Waals surface area contributed by atoms with Crippen LogP contribution in [-0.4, -0.2) is 16.2 Å². The molecule has 0 saturated heterocycles. The van der Waals surface area contributed by atoms with Crippen molar-refractivity contribution in [2.75, 3.05) is 6.61 Å². The zero-order valence-corrected chi connectivity index (χ0v) is 14.4. The van der Waals surface area contributed by atoms with Crippen molar-refractivity contribution in [2.45, 2.75) is 33.7 Å². The summed E-state index contributed by atoms with van der Waals surface area (Å²) >= 11 is 1.59. The minimum Gasteiger partial charge on any atom is -0.494 e. The van der Waals surface area contributed by atoms with Crippen LogP contribution in [0.1, 0.15) is 22.7 Å². The smallest absolute Gasteiger partial charge is 0.262 e. The standard InChI is InChI=1S/C18H20N2O2S/c1-12-13(2)23-17-16(12)18(21)20(14(3)19-17)10-7-11-22-15-8-5-4-6-9-15/h4-6,8-9H,7,10-11H2,1-3H3. The fourth-order valence-electron chi connectivity index (χ4n) is 2.62. The number of fused-ring (bicyclic) bond motifs is 1. The Hall–Kier alpha value is -2.14. The highest BCUT2D eigenvalue weighted by atomic mass is 32.1. The highest BCUT2D eigenvalue weighted by Gasteiger charge is 2.14. The Morgan fingerprint density at radius 2 is 1.91 bits per heavy atom. The van der Waals surface area contributed by atoms with Crippen molar-refractivity contribution in [3.05, 3.63) is 57.0 Å². The molecule has 0 bridgehead atoms. The molecule has 0 amide bonds. The van der Waals surface area contributed by atoms with Gasteiger partial charge in [-0.2, -0.15) is 0 Å². The SMILES string of the molecule is Cc1sc2nc(C)n(CCCOc3ccccc3)c(=O)c2c1C. The van der Waals surface area contributed by atoms with Crippen molar-refractivity contribution >= 4 is 21.6 Å². The van der Waals surface area contributed by atoms with Crippen LogP contribution in [0.2, 0.25) is 0 Å². The summed E-state index contributed by atoms with van der Waals surface area (Å²) in [5, 5.41) is 0.766. The predicted octanol–water partition coefficient (Wildman–Crippen LogP) is 3.85. The molecule has 3 rings (SSSR count). The van der Waals surface area contributed by atoms with Crippen LogP contribution >= 0.6 is 11.3 Å². The molecule has 0 atom stereocenters. The molecule has 2 heterocycles. The lowest BCUT2D eigenvalue weighted by Crippen LogP contribution is -2.24. The number of para-hydroxylation sites is 1. The number of hydrogen-bond donors (Lipinski definition) is 0. The lowest BCUT2D eigenvalue weighted by Gasteiger charge is -2.10. The van der Waals surface area contributed by atoms with Gasteiger partial charge in [-0.3, -0.25) is 9.36 Å². The summed E-state index contributed by atoms with van der Waals surface area (Å²) in [7, 11) is 0. The second-order valence-electron chi connectivity index (χ2n) is 5.59. The van der Waals surface area contributed by atoms with E-state index in [9.17, 15) is 4.79 Å². The van der Waals surface area contributed by atoms with Gasteiger partial charge >= 0.3 is 0 Å². The number of ether oxygens (including phenoxy) is 1. The van der Waals surface area contributed by atoms with Gasteiger partial charge in [-0.1, -0.05) is 18.2 Å². The minimum atomic E-state index is 0.0639. The molecule has 0 saturated carbocycles. The van der Waals surface area contributed by atoms with E-state index < -0.39 is 0 Å². The fraction of sp³-hybridized carbons (Fsp3) is 0.333. The molecule has 2 aromatic heterocycles. The van der Waals surface area contributed by atoms with E-state index in [2.05, 4.69) is 4.98 Å². The number of hydrogen-bond acceptors (Lipinski definition) is 4. The van der Waals surface area contributed by atoms with Gasteiger partial charge < -0.3 is 4.74 Å². The molecule has 23 heavy (non-hydrogen) atoms. The van der Waals surface area contributed by atoms with Crippen LogP contribution in [0.5, 0.6) is 5.75 Å². The first-order chi connectivity index (χ1) is 11.1. The molecule has 0 aliphatic rings. The number of nitrogens with zero attached hydrogens (tertiary/aromatic N) is 2. The number of thiophene rings is 1. The van der Waals surface area contributed by atoms with Crippen molar-refractivity contribution in [1.29, 1.82) is 0 Å². The maximum absolute atomic E-state index is 12.7. The van der Waals surface area contributed by atoms with E-state index in [0.717, 1.165) is 38.7 Å². The Bertz CT molecular complexity index is 881. The second-order valence-corrected chi connectivity index (χ2v) is 6.80. The van der Waals surface area contributed by atoms with Gasteiger partial charge in [0.05, 0.1) is 12.0 Å². The maximum Gasteiger partial charge on any atom is 0.262 e. The molecule has 0 N–H and O–H groups in total. The lowest BCUT2D eigenvalue weighted by molar-refractivity contribution is 0.300. The summed E-state index contributed by atoms with van der Waals surface area (Å²) in [6.45, 7) is 7.12. The Morgan fingerprint density at radius 3 is 2.65 bits per heavy atom. The molecule has 0 aliphatic carbocycles. The van der Waals surface area contributed by atoms with Crippen molar-refractivity contribution < 1.29 is 4.74 Å². The van der Waals surface area contributed by atoms with Crippen molar-refractivity contribution in [2.24, 2.45) is 0 Å². The van der Waals surface area contributed by atoms with Gasteiger partial charge in [-0.25, -0.2) is 4.98 Å². The first-order valence-corrected chi connectivity index (χ1v) is 8.54. The van der Waals surface area contributed by atoms with E-state index in [1.54, 1.807) is 15.9 Å². The van der Waals surface area contributed by atoms with Gasteiger partial charge in [0.15, 0.2) is 0 Å². The van der Waals surface area contributed by atoms with Crippen LogP contribution in [0.4, 0.5) is 0 Å². The van der Waals surface area contributed by atoms with E-state index in [0.29, 0.717) is 13.2 Å². The minimum absolute atomic E-state index is 0.0639. The third-order valence-electron chi connectivity index (χ3n) is 4.02. The lowest BCUT2D eigenvalue weighted by atomic mass is 10.2.